The average molecular weight is 444 g/mol. The molecule has 1 heterocycles. The van der Waals surface area contributed by atoms with Crippen LogP contribution in [0.2, 0.25) is 0 Å². The van der Waals surface area contributed by atoms with E-state index in [1.165, 1.54) is 12.1 Å². The molecular weight excluding hydrogens is 423 g/mol. The predicted molar refractivity (Wildman–Crippen MR) is 122 cm³/mol. The number of anilines is 1. The van der Waals surface area contributed by atoms with Gasteiger partial charge in [-0.3, -0.25) is 4.79 Å². The predicted octanol–water partition coefficient (Wildman–Crippen LogP) is 4.89. The van der Waals surface area contributed by atoms with Crippen molar-refractivity contribution in [2.24, 2.45) is 0 Å². The van der Waals surface area contributed by atoms with E-state index in [9.17, 15) is 14.0 Å². The van der Waals surface area contributed by atoms with Gasteiger partial charge in [0.1, 0.15) is 5.82 Å². The van der Waals surface area contributed by atoms with Gasteiger partial charge in [-0.1, -0.05) is 12.1 Å². The summed E-state index contributed by atoms with van der Waals surface area (Å²) in [6.07, 6.45) is 2.35. The number of hydrogen-bond acceptors (Lipinski definition) is 5. The maximum absolute atomic E-state index is 13.2. The Hall–Kier alpha value is -4.33. The molecule has 8 heteroatoms. The van der Waals surface area contributed by atoms with E-state index in [1.807, 2.05) is 6.92 Å². The Morgan fingerprint density at radius 2 is 1.61 bits per heavy atom. The highest BCUT2D eigenvalue weighted by Gasteiger charge is 2.12. The number of amides is 1. The SMILES string of the molecule is CCCOC(=O)c1ccc(NC(=O)c2ccc(-n3nncc3-c3ccc(F)cc3)cc2)cc1. The summed E-state index contributed by atoms with van der Waals surface area (Å²) in [6.45, 7) is 2.29. The summed E-state index contributed by atoms with van der Waals surface area (Å²) in [5, 5.41) is 10.9. The number of esters is 1. The Morgan fingerprint density at radius 1 is 0.939 bits per heavy atom. The second kappa shape index (κ2) is 9.86. The number of carbonyl (C=O) groups is 2. The van der Waals surface area contributed by atoms with E-state index >= 15 is 0 Å². The zero-order valence-corrected chi connectivity index (χ0v) is 17.9. The third kappa shape index (κ3) is 5.12. The van der Waals surface area contributed by atoms with Gasteiger partial charge in [0, 0.05) is 16.8 Å². The molecule has 0 aliphatic carbocycles. The number of halogens is 1. The molecule has 0 fully saturated rings. The minimum Gasteiger partial charge on any atom is -0.462 e. The molecule has 3 aromatic carbocycles. The van der Waals surface area contributed by atoms with Crippen molar-refractivity contribution in [3.05, 3.63) is 95.9 Å². The smallest absolute Gasteiger partial charge is 0.338 e. The molecule has 4 aromatic rings. The zero-order chi connectivity index (χ0) is 23.2. The van der Waals surface area contributed by atoms with Crippen molar-refractivity contribution in [3.8, 4) is 16.9 Å². The van der Waals surface area contributed by atoms with Gasteiger partial charge in [0.05, 0.1) is 29.7 Å². The fourth-order valence-corrected chi connectivity index (χ4v) is 3.17. The molecule has 4 rings (SSSR count). The first-order valence-corrected chi connectivity index (χ1v) is 10.4. The van der Waals surface area contributed by atoms with Gasteiger partial charge in [0.2, 0.25) is 0 Å². The lowest BCUT2D eigenvalue weighted by atomic mass is 10.1. The minimum absolute atomic E-state index is 0.291. The molecule has 0 radical (unpaired) electrons. The van der Waals surface area contributed by atoms with Crippen LogP contribution in [-0.4, -0.2) is 33.5 Å². The summed E-state index contributed by atoms with van der Waals surface area (Å²) in [5.41, 5.74) is 3.61. The first-order chi connectivity index (χ1) is 16.0. The van der Waals surface area contributed by atoms with Crippen LogP contribution >= 0.6 is 0 Å². The van der Waals surface area contributed by atoms with Crippen LogP contribution in [0.4, 0.5) is 10.1 Å². The Kier molecular flexibility index (Phi) is 6.54. The van der Waals surface area contributed by atoms with Gasteiger partial charge in [0.15, 0.2) is 0 Å². The Balaban J connectivity index is 1.45. The second-order valence-electron chi connectivity index (χ2n) is 7.25. The van der Waals surface area contributed by atoms with Gasteiger partial charge >= 0.3 is 5.97 Å². The van der Waals surface area contributed by atoms with Crippen LogP contribution in [0, 0.1) is 5.82 Å². The van der Waals surface area contributed by atoms with Gasteiger partial charge < -0.3 is 10.1 Å². The molecule has 0 aliphatic heterocycles. The lowest BCUT2D eigenvalue weighted by Crippen LogP contribution is -2.12. The van der Waals surface area contributed by atoms with E-state index in [4.69, 9.17) is 4.74 Å². The Labute approximate surface area is 189 Å². The molecule has 7 nitrogen and oxygen atoms in total. The molecule has 0 atom stereocenters. The minimum atomic E-state index is -0.390. The molecule has 0 saturated carbocycles. The van der Waals surface area contributed by atoms with Crippen LogP contribution in [0.15, 0.2) is 79.0 Å². The van der Waals surface area contributed by atoms with Crippen LogP contribution < -0.4 is 5.32 Å². The van der Waals surface area contributed by atoms with Gasteiger partial charge in [-0.2, -0.15) is 0 Å². The molecule has 0 saturated heterocycles. The van der Waals surface area contributed by atoms with Gasteiger partial charge in [-0.25, -0.2) is 13.9 Å². The highest BCUT2D eigenvalue weighted by molar-refractivity contribution is 6.04. The first-order valence-electron chi connectivity index (χ1n) is 10.4. The molecule has 1 aromatic heterocycles. The highest BCUT2D eigenvalue weighted by atomic mass is 19.1. The molecule has 0 aliphatic rings. The number of benzene rings is 3. The topological polar surface area (TPSA) is 86.1 Å². The monoisotopic (exact) mass is 444 g/mol. The van der Waals surface area contributed by atoms with Crippen molar-refractivity contribution in [1.29, 1.82) is 0 Å². The van der Waals surface area contributed by atoms with Crippen molar-refractivity contribution in [1.82, 2.24) is 15.0 Å². The van der Waals surface area contributed by atoms with Gasteiger partial charge in [0.25, 0.3) is 5.91 Å². The maximum atomic E-state index is 13.2. The molecule has 33 heavy (non-hydrogen) atoms. The van der Waals surface area contributed by atoms with Crippen LogP contribution in [0.5, 0.6) is 0 Å². The third-order valence-electron chi connectivity index (χ3n) is 4.88. The maximum Gasteiger partial charge on any atom is 0.338 e. The second-order valence-corrected chi connectivity index (χ2v) is 7.25. The fourth-order valence-electron chi connectivity index (χ4n) is 3.17. The quantitative estimate of drug-likeness (QED) is 0.410. The number of rotatable bonds is 7. The Morgan fingerprint density at radius 3 is 2.27 bits per heavy atom. The van der Waals surface area contributed by atoms with E-state index in [0.717, 1.165) is 12.0 Å². The molecule has 1 N–H and O–H groups in total. The first kappa shape index (κ1) is 21.9. The lowest BCUT2D eigenvalue weighted by molar-refractivity contribution is 0.0505. The average Bonchev–Trinajstić information content (AvgIpc) is 3.33. The van der Waals surface area contributed by atoms with Crippen LogP contribution in [0.1, 0.15) is 34.1 Å². The van der Waals surface area contributed by atoms with E-state index in [2.05, 4.69) is 15.6 Å². The van der Waals surface area contributed by atoms with E-state index in [-0.39, 0.29) is 11.7 Å². The summed E-state index contributed by atoms with van der Waals surface area (Å²) in [4.78, 5) is 24.5. The van der Waals surface area contributed by atoms with Crippen molar-refractivity contribution >= 4 is 17.6 Å². The largest absolute Gasteiger partial charge is 0.462 e. The molecule has 0 unspecified atom stereocenters. The number of hydrogen-bond donors (Lipinski definition) is 1. The van der Waals surface area contributed by atoms with Crippen molar-refractivity contribution in [2.45, 2.75) is 13.3 Å². The van der Waals surface area contributed by atoms with Crippen LogP contribution in [0.25, 0.3) is 16.9 Å². The van der Waals surface area contributed by atoms with Gasteiger partial charge in [-0.05, 0) is 79.2 Å². The summed E-state index contributed by atoms with van der Waals surface area (Å²) >= 11 is 0. The van der Waals surface area contributed by atoms with Crippen molar-refractivity contribution in [3.63, 3.8) is 0 Å². The lowest BCUT2D eigenvalue weighted by Gasteiger charge is -2.09. The Bertz CT molecular complexity index is 1250. The number of aromatic nitrogens is 3. The number of ether oxygens (including phenoxy) is 1. The van der Waals surface area contributed by atoms with Crippen LogP contribution in [0.3, 0.4) is 0 Å². The van der Waals surface area contributed by atoms with Crippen LogP contribution in [-0.2, 0) is 4.74 Å². The molecular formula is C25H21FN4O3. The number of nitrogens with zero attached hydrogens (tertiary/aromatic N) is 3. The molecule has 1 amide bonds. The van der Waals surface area contributed by atoms with Gasteiger partial charge in [-0.15, -0.1) is 5.10 Å². The standard InChI is InChI=1S/C25H21FN4O3/c1-2-15-33-25(32)19-5-11-21(12-6-19)28-24(31)18-7-13-22(14-8-18)30-23(16-27-29-30)17-3-9-20(26)10-4-17/h3-14,16H,2,15H2,1H3,(H,28,31). The highest BCUT2D eigenvalue weighted by Crippen LogP contribution is 2.22. The van der Waals surface area contributed by atoms with E-state index in [1.54, 1.807) is 71.5 Å². The van der Waals surface area contributed by atoms with E-state index < -0.39 is 5.97 Å². The third-order valence-corrected chi connectivity index (χ3v) is 4.88. The van der Waals surface area contributed by atoms with Crippen molar-refractivity contribution < 1.29 is 18.7 Å². The molecule has 166 valence electrons. The summed E-state index contributed by atoms with van der Waals surface area (Å²) in [5.74, 6) is -1.00. The summed E-state index contributed by atoms with van der Waals surface area (Å²) < 4.78 is 19.9. The molecule has 0 spiro atoms. The summed E-state index contributed by atoms with van der Waals surface area (Å²) in [7, 11) is 0. The van der Waals surface area contributed by atoms with Crippen molar-refractivity contribution in [2.75, 3.05) is 11.9 Å². The summed E-state index contributed by atoms with van der Waals surface area (Å²) in [6, 6.07) is 19.4. The number of carbonyl (C=O) groups excluding carboxylic acids is 2. The molecule has 0 bridgehead atoms. The normalized spacial score (nSPS) is 10.6. The number of nitrogens with one attached hydrogen (secondary N) is 1. The fraction of sp³-hybridized carbons (Fsp3) is 0.120. The van der Waals surface area contributed by atoms with E-state index in [0.29, 0.717) is 34.8 Å². The zero-order valence-electron chi connectivity index (χ0n) is 17.9.